The Morgan fingerprint density at radius 1 is 0.967 bits per heavy atom. The van der Waals surface area contributed by atoms with Crippen molar-refractivity contribution in [2.45, 2.75) is 33.3 Å². The molecule has 0 spiro atoms. The molecule has 0 unspecified atom stereocenters. The number of carboxylic acid groups (broad SMARTS) is 1. The Bertz CT molecular complexity index is 1310. The van der Waals surface area contributed by atoms with Crippen LogP contribution in [0.5, 0.6) is 5.75 Å². The van der Waals surface area contributed by atoms with E-state index < -0.39 is 11.6 Å². The summed E-state index contributed by atoms with van der Waals surface area (Å²) in [6.45, 7) is 4.08. The van der Waals surface area contributed by atoms with Crippen LogP contribution in [-0.2, 0) is 17.8 Å². The summed E-state index contributed by atoms with van der Waals surface area (Å²) in [5, 5.41) is 12.0. The van der Waals surface area contributed by atoms with Gasteiger partial charge < -0.3 is 14.3 Å². The lowest BCUT2D eigenvalue weighted by molar-refractivity contribution is -0.136. The summed E-state index contributed by atoms with van der Waals surface area (Å²) in [4.78, 5) is 23.3. The molecule has 30 heavy (non-hydrogen) atoms. The zero-order valence-electron chi connectivity index (χ0n) is 16.9. The smallest absolute Gasteiger partial charge is 0.339 e. The summed E-state index contributed by atoms with van der Waals surface area (Å²) < 4.78 is 11.7. The molecule has 0 fully saturated rings. The zero-order chi connectivity index (χ0) is 21.3. The minimum Gasteiger partial charge on any atom is -0.488 e. The van der Waals surface area contributed by atoms with Gasteiger partial charge in [0.25, 0.3) is 0 Å². The van der Waals surface area contributed by atoms with Crippen LogP contribution in [0.15, 0.2) is 63.8 Å². The highest BCUT2D eigenvalue weighted by atomic mass is 16.5. The van der Waals surface area contributed by atoms with Gasteiger partial charge in [0, 0.05) is 22.9 Å². The standard InChI is InChI=1S/C25H22O5/c1-15-19-10-12-22(16(2)24(19)30-25(28)20(15)11-13-23(26)27)29-14-18-8-5-7-17-6-3-4-9-21(17)18/h3-10,12H,11,13-14H2,1-2H3,(H,26,27). The quantitative estimate of drug-likeness (QED) is 0.451. The Morgan fingerprint density at radius 3 is 2.53 bits per heavy atom. The Labute approximate surface area is 173 Å². The highest BCUT2D eigenvalue weighted by Crippen LogP contribution is 2.30. The van der Waals surface area contributed by atoms with E-state index in [1.165, 1.54) is 0 Å². The first-order chi connectivity index (χ1) is 14.5. The van der Waals surface area contributed by atoms with Crippen molar-refractivity contribution < 1.29 is 19.1 Å². The average molecular weight is 402 g/mol. The van der Waals surface area contributed by atoms with E-state index in [-0.39, 0.29) is 12.8 Å². The van der Waals surface area contributed by atoms with Gasteiger partial charge in [-0.05, 0) is 54.3 Å². The van der Waals surface area contributed by atoms with E-state index in [0.717, 1.165) is 32.8 Å². The number of fused-ring (bicyclic) bond motifs is 2. The molecule has 3 aromatic carbocycles. The maximum atomic E-state index is 12.5. The van der Waals surface area contributed by atoms with Gasteiger partial charge in [-0.2, -0.15) is 0 Å². The molecule has 0 aliphatic rings. The van der Waals surface area contributed by atoms with Crippen molar-refractivity contribution in [1.29, 1.82) is 0 Å². The monoisotopic (exact) mass is 402 g/mol. The second kappa shape index (κ2) is 8.03. The number of aryl methyl sites for hydroxylation is 2. The van der Waals surface area contributed by atoms with Gasteiger partial charge in [-0.15, -0.1) is 0 Å². The molecular weight excluding hydrogens is 380 g/mol. The van der Waals surface area contributed by atoms with E-state index in [2.05, 4.69) is 18.2 Å². The van der Waals surface area contributed by atoms with Crippen molar-refractivity contribution in [2.24, 2.45) is 0 Å². The van der Waals surface area contributed by atoms with Gasteiger partial charge in [-0.3, -0.25) is 4.79 Å². The van der Waals surface area contributed by atoms with E-state index in [0.29, 0.717) is 23.5 Å². The molecule has 4 rings (SSSR count). The number of ether oxygens (including phenoxy) is 1. The van der Waals surface area contributed by atoms with Crippen LogP contribution < -0.4 is 10.4 Å². The molecule has 0 saturated heterocycles. The van der Waals surface area contributed by atoms with E-state index in [1.54, 1.807) is 0 Å². The molecule has 1 heterocycles. The van der Waals surface area contributed by atoms with Gasteiger partial charge in [0.05, 0.1) is 0 Å². The van der Waals surface area contributed by atoms with E-state index in [9.17, 15) is 9.59 Å². The third-order valence-corrected chi connectivity index (χ3v) is 5.51. The number of carboxylic acids is 1. The zero-order valence-corrected chi connectivity index (χ0v) is 16.9. The fraction of sp³-hybridized carbons (Fsp3) is 0.200. The van der Waals surface area contributed by atoms with Gasteiger partial charge in [0.2, 0.25) is 0 Å². The van der Waals surface area contributed by atoms with E-state index >= 15 is 0 Å². The number of carbonyl (C=O) groups is 1. The lowest BCUT2D eigenvalue weighted by atomic mass is 10.0. The van der Waals surface area contributed by atoms with Gasteiger partial charge in [0.1, 0.15) is 17.9 Å². The van der Waals surface area contributed by atoms with Crippen molar-refractivity contribution >= 4 is 27.7 Å². The first-order valence-electron chi connectivity index (χ1n) is 9.83. The first-order valence-corrected chi connectivity index (χ1v) is 9.83. The molecule has 152 valence electrons. The second-order valence-corrected chi connectivity index (χ2v) is 7.38. The largest absolute Gasteiger partial charge is 0.488 e. The number of hydrogen-bond donors (Lipinski definition) is 1. The normalized spacial score (nSPS) is 11.1. The summed E-state index contributed by atoms with van der Waals surface area (Å²) >= 11 is 0. The Morgan fingerprint density at radius 2 is 1.73 bits per heavy atom. The third kappa shape index (κ3) is 3.66. The molecule has 5 heteroatoms. The van der Waals surface area contributed by atoms with Gasteiger partial charge in [-0.1, -0.05) is 42.5 Å². The summed E-state index contributed by atoms with van der Waals surface area (Å²) in [6.07, 6.45) is 0.0418. The van der Waals surface area contributed by atoms with Crippen LogP contribution in [-0.4, -0.2) is 11.1 Å². The predicted molar refractivity (Wildman–Crippen MR) is 116 cm³/mol. The molecular formula is C25H22O5. The maximum absolute atomic E-state index is 12.5. The molecule has 1 N–H and O–H groups in total. The van der Waals surface area contributed by atoms with Crippen molar-refractivity contribution in [1.82, 2.24) is 0 Å². The lowest BCUT2D eigenvalue weighted by Crippen LogP contribution is -2.12. The molecule has 0 amide bonds. The van der Waals surface area contributed by atoms with Crippen LogP contribution >= 0.6 is 0 Å². The van der Waals surface area contributed by atoms with Crippen molar-refractivity contribution in [3.05, 3.63) is 87.3 Å². The summed E-state index contributed by atoms with van der Waals surface area (Å²) in [5.74, 6) is -0.293. The molecule has 1 aromatic heterocycles. The summed E-state index contributed by atoms with van der Waals surface area (Å²) in [5.41, 5.74) is 2.98. The lowest BCUT2D eigenvalue weighted by Gasteiger charge is -2.14. The topological polar surface area (TPSA) is 76.7 Å². The van der Waals surface area contributed by atoms with E-state index in [4.69, 9.17) is 14.3 Å². The van der Waals surface area contributed by atoms with Crippen molar-refractivity contribution in [2.75, 3.05) is 0 Å². The van der Waals surface area contributed by atoms with Crippen LogP contribution in [0.25, 0.3) is 21.7 Å². The molecule has 0 aliphatic carbocycles. The Kier molecular flexibility index (Phi) is 5.27. The molecule has 5 nitrogen and oxygen atoms in total. The van der Waals surface area contributed by atoms with Gasteiger partial charge in [-0.25, -0.2) is 4.79 Å². The molecule has 0 aliphatic heterocycles. The molecule has 0 bridgehead atoms. The van der Waals surface area contributed by atoms with Crippen molar-refractivity contribution in [3.8, 4) is 5.75 Å². The number of rotatable bonds is 6. The molecule has 4 aromatic rings. The average Bonchev–Trinajstić information content (AvgIpc) is 2.73. The highest BCUT2D eigenvalue weighted by molar-refractivity contribution is 5.86. The maximum Gasteiger partial charge on any atom is 0.339 e. The second-order valence-electron chi connectivity index (χ2n) is 7.38. The number of benzene rings is 3. The Balaban J connectivity index is 1.67. The van der Waals surface area contributed by atoms with Crippen LogP contribution in [0.2, 0.25) is 0 Å². The van der Waals surface area contributed by atoms with E-state index in [1.807, 2.05) is 50.2 Å². The van der Waals surface area contributed by atoms with Gasteiger partial charge >= 0.3 is 11.6 Å². The van der Waals surface area contributed by atoms with Crippen LogP contribution in [0.4, 0.5) is 0 Å². The summed E-state index contributed by atoms with van der Waals surface area (Å²) in [7, 11) is 0. The van der Waals surface area contributed by atoms with Crippen LogP contribution in [0.3, 0.4) is 0 Å². The third-order valence-electron chi connectivity index (χ3n) is 5.51. The Hall–Kier alpha value is -3.60. The molecule has 0 atom stereocenters. The minimum absolute atomic E-state index is 0.109. The number of hydrogen-bond acceptors (Lipinski definition) is 4. The highest BCUT2D eigenvalue weighted by Gasteiger charge is 2.16. The fourth-order valence-electron chi connectivity index (χ4n) is 3.82. The molecule has 0 radical (unpaired) electrons. The SMILES string of the molecule is Cc1c(CCC(=O)O)c(=O)oc2c(C)c(OCc3cccc4ccccc34)ccc12. The van der Waals surface area contributed by atoms with Crippen LogP contribution in [0.1, 0.15) is 28.7 Å². The van der Waals surface area contributed by atoms with Crippen LogP contribution in [0, 0.1) is 13.8 Å². The molecule has 0 saturated carbocycles. The van der Waals surface area contributed by atoms with Crippen molar-refractivity contribution in [3.63, 3.8) is 0 Å². The fourth-order valence-corrected chi connectivity index (χ4v) is 3.82. The first kappa shape index (κ1) is 19.7. The van der Waals surface area contributed by atoms with Gasteiger partial charge in [0.15, 0.2) is 0 Å². The predicted octanol–water partition coefficient (Wildman–Crippen LogP) is 5.16. The summed E-state index contributed by atoms with van der Waals surface area (Å²) in [6, 6.07) is 18.0. The number of aliphatic carboxylic acids is 1. The minimum atomic E-state index is -0.942.